The van der Waals surface area contributed by atoms with Crippen molar-refractivity contribution in [3.8, 4) is 0 Å². The highest BCUT2D eigenvalue weighted by molar-refractivity contribution is 14.1. The molecule has 1 heterocycles. The highest BCUT2D eigenvalue weighted by Crippen LogP contribution is 2.19. The summed E-state index contributed by atoms with van der Waals surface area (Å²) in [7, 11) is 0. The number of aryl methyl sites for hydroxylation is 1. The lowest BCUT2D eigenvalue weighted by Gasteiger charge is -2.05. The van der Waals surface area contributed by atoms with E-state index in [4.69, 9.17) is 16.0 Å². The van der Waals surface area contributed by atoms with Gasteiger partial charge >= 0.3 is 0 Å². The van der Waals surface area contributed by atoms with Gasteiger partial charge in [0, 0.05) is 9.26 Å². The molecule has 0 spiro atoms. The van der Waals surface area contributed by atoms with Gasteiger partial charge < -0.3 is 9.73 Å². The van der Waals surface area contributed by atoms with Gasteiger partial charge in [-0.1, -0.05) is 6.07 Å². The van der Waals surface area contributed by atoms with Gasteiger partial charge in [-0.15, -0.1) is 0 Å². The maximum absolute atomic E-state index is 11.8. The van der Waals surface area contributed by atoms with Gasteiger partial charge in [0.15, 0.2) is 11.0 Å². The first-order valence-corrected chi connectivity index (χ1v) is 6.35. The lowest BCUT2D eigenvalue weighted by atomic mass is 10.2. The van der Waals surface area contributed by atoms with Crippen LogP contribution in [0.5, 0.6) is 0 Å². The molecule has 1 aromatic carbocycles. The summed E-state index contributed by atoms with van der Waals surface area (Å²) in [6.45, 7) is 2.01. The molecule has 0 fully saturated rings. The smallest absolute Gasteiger partial charge is 0.291 e. The maximum Gasteiger partial charge on any atom is 0.291 e. The molecule has 0 atom stereocenters. The molecule has 1 aromatic heterocycles. The molecule has 0 bridgehead atoms. The lowest BCUT2D eigenvalue weighted by Crippen LogP contribution is -2.10. The van der Waals surface area contributed by atoms with Gasteiger partial charge in [0.25, 0.3) is 5.91 Å². The fraction of sp³-hybridized carbons (Fsp3) is 0.0833. The van der Waals surface area contributed by atoms with Gasteiger partial charge in [0.2, 0.25) is 0 Å². The van der Waals surface area contributed by atoms with E-state index < -0.39 is 0 Å². The SMILES string of the molecule is Cc1ccc(NC(=O)c2ccc(Cl)o2)cc1I. The van der Waals surface area contributed by atoms with Crippen LogP contribution in [0.15, 0.2) is 34.7 Å². The number of furan rings is 1. The van der Waals surface area contributed by atoms with E-state index in [1.165, 1.54) is 17.7 Å². The molecule has 0 unspecified atom stereocenters. The zero-order valence-corrected chi connectivity index (χ0v) is 11.9. The number of carbonyl (C=O) groups excluding carboxylic acids is 1. The molecule has 0 radical (unpaired) electrons. The van der Waals surface area contributed by atoms with Crippen molar-refractivity contribution in [2.75, 3.05) is 5.32 Å². The first kappa shape index (κ1) is 12.4. The summed E-state index contributed by atoms with van der Waals surface area (Å²) < 4.78 is 6.12. The number of benzene rings is 1. The van der Waals surface area contributed by atoms with Crippen LogP contribution in [0, 0.1) is 10.5 Å². The summed E-state index contributed by atoms with van der Waals surface area (Å²) in [5.74, 6) is -0.109. The van der Waals surface area contributed by atoms with Gasteiger partial charge in [0.05, 0.1) is 0 Å². The number of anilines is 1. The first-order valence-electron chi connectivity index (χ1n) is 4.89. The van der Waals surface area contributed by atoms with E-state index in [0.29, 0.717) is 0 Å². The highest BCUT2D eigenvalue weighted by Gasteiger charge is 2.10. The van der Waals surface area contributed by atoms with Crippen molar-refractivity contribution in [1.29, 1.82) is 0 Å². The minimum atomic E-state index is -0.309. The predicted octanol–water partition coefficient (Wildman–Crippen LogP) is 4.10. The molecular formula is C12H9ClINO2. The largest absolute Gasteiger partial charge is 0.440 e. The van der Waals surface area contributed by atoms with Crippen molar-refractivity contribution in [2.24, 2.45) is 0 Å². The molecule has 2 rings (SSSR count). The number of nitrogens with one attached hydrogen (secondary N) is 1. The van der Waals surface area contributed by atoms with E-state index in [2.05, 4.69) is 27.9 Å². The third kappa shape index (κ3) is 3.01. The van der Waals surface area contributed by atoms with Crippen molar-refractivity contribution in [1.82, 2.24) is 0 Å². The van der Waals surface area contributed by atoms with Crippen LogP contribution in [-0.2, 0) is 0 Å². The normalized spacial score (nSPS) is 10.3. The van der Waals surface area contributed by atoms with Crippen LogP contribution in [0.25, 0.3) is 0 Å². The van der Waals surface area contributed by atoms with Crippen LogP contribution >= 0.6 is 34.2 Å². The maximum atomic E-state index is 11.8. The third-order valence-electron chi connectivity index (χ3n) is 2.23. The Hall–Kier alpha value is -1.01. The zero-order valence-electron chi connectivity index (χ0n) is 8.96. The number of carbonyl (C=O) groups is 1. The van der Waals surface area contributed by atoms with Gasteiger partial charge in [-0.2, -0.15) is 0 Å². The molecule has 5 heteroatoms. The first-order chi connectivity index (χ1) is 8.06. The molecule has 88 valence electrons. The van der Waals surface area contributed by atoms with Crippen molar-refractivity contribution < 1.29 is 9.21 Å². The van der Waals surface area contributed by atoms with Gasteiger partial charge in [-0.25, -0.2) is 0 Å². The van der Waals surface area contributed by atoms with Crippen LogP contribution in [-0.4, -0.2) is 5.91 Å². The topological polar surface area (TPSA) is 42.2 Å². The number of hydrogen-bond donors (Lipinski definition) is 1. The average molecular weight is 362 g/mol. The molecule has 3 nitrogen and oxygen atoms in total. The van der Waals surface area contributed by atoms with Crippen molar-refractivity contribution >= 4 is 45.8 Å². The molecule has 1 N–H and O–H groups in total. The predicted molar refractivity (Wildman–Crippen MR) is 75.6 cm³/mol. The second-order valence-electron chi connectivity index (χ2n) is 3.52. The summed E-state index contributed by atoms with van der Waals surface area (Å²) >= 11 is 7.83. The second kappa shape index (κ2) is 5.10. The third-order valence-corrected chi connectivity index (χ3v) is 3.59. The summed E-state index contributed by atoms with van der Waals surface area (Å²) in [5.41, 5.74) is 1.90. The molecule has 0 saturated heterocycles. The van der Waals surface area contributed by atoms with Crippen molar-refractivity contribution in [2.45, 2.75) is 6.92 Å². The van der Waals surface area contributed by atoms with Crippen LogP contribution in [0.3, 0.4) is 0 Å². The average Bonchev–Trinajstić information content (AvgIpc) is 2.70. The van der Waals surface area contributed by atoms with E-state index in [1.807, 2.05) is 25.1 Å². The summed E-state index contributed by atoms with van der Waals surface area (Å²) in [4.78, 5) is 11.8. The summed E-state index contributed by atoms with van der Waals surface area (Å²) in [5, 5.41) is 2.95. The van der Waals surface area contributed by atoms with Gasteiger partial charge in [-0.05, 0) is 70.9 Å². The molecule has 17 heavy (non-hydrogen) atoms. The van der Waals surface area contributed by atoms with E-state index in [0.717, 1.165) is 9.26 Å². The fourth-order valence-corrected chi connectivity index (χ4v) is 1.96. The molecule has 2 aromatic rings. The van der Waals surface area contributed by atoms with Crippen molar-refractivity contribution in [3.05, 3.63) is 50.4 Å². The van der Waals surface area contributed by atoms with E-state index >= 15 is 0 Å². The number of rotatable bonds is 2. The Labute approximate surface area is 117 Å². The zero-order chi connectivity index (χ0) is 12.4. The van der Waals surface area contributed by atoms with Crippen LogP contribution in [0.4, 0.5) is 5.69 Å². The van der Waals surface area contributed by atoms with Crippen LogP contribution in [0.1, 0.15) is 16.1 Å². The van der Waals surface area contributed by atoms with Gasteiger partial charge in [0.1, 0.15) is 0 Å². The number of hydrogen-bond acceptors (Lipinski definition) is 2. The Morgan fingerprint density at radius 2 is 2.12 bits per heavy atom. The van der Waals surface area contributed by atoms with E-state index in [1.54, 1.807) is 0 Å². The highest BCUT2D eigenvalue weighted by atomic mass is 127. The Balaban J connectivity index is 2.15. The van der Waals surface area contributed by atoms with Crippen LogP contribution in [0.2, 0.25) is 5.22 Å². The molecule has 0 aliphatic heterocycles. The van der Waals surface area contributed by atoms with Gasteiger partial charge in [-0.3, -0.25) is 4.79 Å². The Kier molecular flexibility index (Phi) is 3.73. The molecule has 1 amide bonds. The van der Waals surface area contributed by atoms with E-state index in [9.17, 15) is 4.79 Å². The quantitative estimate of drug-likeness (QED) is 0.818. The molecular weight excluding hydrogens is 352 g/mol. The lowest BCUT2D eigenvalue weighted by molar-refractivity contribution is 0.0997. The number of halogens is 2. The summed E-state index contributed by atoms with van der Waals surface area (Å²) in [6, 6.07) is 8.77. The van der Waals surface area contributed by atoms with E-state index in [-0.39, 0.29) is 16.9 Å². The van der Waals surface area contributed by atoms with Crippen LogP contribution < -0.4 is 5.32 Å². The molecule has 0 saturated carbocycles. The number of amides is 1. The molecule has 0 aliphatic rings. The minimum Gasteiger partial charge on any atom is -0.440 e. The minimum absolute atomic E-state index is 0.200. The Morgan fingerprint density at radius 1 is 1.35 bits per heavy atom. The Morgan fingerprint density at radius 3 is 2.71 bits per heavy atom. The summed E-state index contributed by atoms with van der Waals surface area (Å²) in [6.07, 6.45) is 0. The second-order valence-corrected chi connectivity index (χ2v) is 5.06. The van der Waals surface area contributed by atoms with Crippen molar-refractivity contribution in [3.63, 3.8) is 0 Å². The monoisotopic (exact) mass is 361 g/mol. The Bertz CT molecular complexity index is 565. The molecule has 0 aliphatic carbocycles. The standard InChI is InChI=1S/C12H9ClINO2/c1-7-2-3-8(6-9(7)14)15-12(16)10-4-5-11(13)17-10/h2-6H,1H3,(H,15,16). The fourth-order valence-electron chi connectivity index (χ4n) is 1.30.